The van der Waals surface area contributed by atoms with E-state index in [1.807, 2.05) is 12.1 Å². The molecule has 0 aliphatic heterocycles. The summed E-state index contributed by atoms with van der Waals surface area (Å²) in [7, 11) is 0. The molecule has 0 aliphatic carbocycles. The van der Waals surface area contributed by atoms with Gasteiger partial charge < -0.3 is 10.1 Å². The number of phenols is 1. The Labute approximate surface area is 165 Å². The molecule has 0 spiro atoms. The van der Waals surface area contributed by atoms with Gasteiger partial charge in [-0.2, -0.15) is 0 Å². The summed E-state index contributed by atoms with van der Waals surface area (Å²) >= 11 is 7.16. The molecule has 1 aromatic heterocycles. The van der Waals surface area contributed by atoms with Crippen LogP contribution in [0, 0.1) is 0 Å². The van der Waals surface area contributed by atoms with Crippen LogP contribution in [0.1, 0.15) is 0 Å². The standard InChI is InChI=1S/C21H12Br2N2O/c22-12-3-7-15-16-8-4-13(23)10-18(16)20-19(17(15)9-12)24-21(25-20)11-1-5-14(26)6-2-11/h1-10,26H,(H,24,25). The Morgan fingerprint density at radius 1 is 0.731 bits per heavy atom. The summed E-state index contributed by atoms with van der Waals surface area (Å²) in [4.78, 5) is 8.37. The largest absolute Gasteiger partial charge is 0.508 e. The van der Waals surface area contributed by atoms with Crippen LogP contribution >= 0.6 is 31.9 Å². The first kappa shape index (κ1) is 15.9. The first-order valence-electron chi connectivity index (χ1n) is 8.10. The summed E-state index contributed by atoms with van der Waals surface area (Å²) in [6, 6.07) is 19.7. The zero-order valence-corrected chi connectivity index (χ0v) is 16.6. The number of hydrogen-bond acceptors (Lipinski definition) is 2. The van der Waals surface area contributed by atoms with Gasteiger partial charge in [0.15, 0.2) is 0 Å². The zero-order chi connectivity index (χ0) is 17.8. The Bertz CT molecular complexity index is 1230. The van der Waals surface area contributed by atoms with Crippen LogP contribution in [0.15, 0.2) is 69.6 Å². The average molecular weight is 468 g/mol. The summed E-state index contributed by atoms with van der Waals surface area (Å²) in [6.45, 7) is 0. The summed E-state index contributed by atoms with van der Waals surface area (Å²) in [5, 5.41) is 14.1. The molecule has 5 aromatic rings. The van der Waals surface area contributed by atoms with E-state index >= 15 is 0 Å². The number of hydrogen-bond donors (Lipinski definition) is 2. The van der Waals surface area contributed by atoms with E-state index in [4.69, 9.17) is 4.98 Å². The minimum absolute atomic E-state index is 0.244. The van der Waals surface area contributed by atoms with E-state index in [2.05, 4.69) is 73.2 Å². The van der Waals surface area contributed by atoms with E-state index in [1.165, 1.54) is 10.8 Å². The van der Waals surface area contributed by atoms with Crippen LogP contribution in [0.25, 0.3) is 44.0 Å². The quantitative estimate of drug-likeness (QED) is 0.267. The fourth-order valence-corrected chi connectivity index (χ4v) is 4.15. The molecule has 0 amide bonds. The minimum Gasteiger partial charge on any atom is -0.508 e. The van der Waals surface area contributed by atoms with E-state index in [0.717, 1.165) is 42.1 Å². The van der Waals surface area contributed by atoms with Crippen molar-refractivity contribution < 1.29 is 5.11 Å². The predicted molar refractivity (Wildman–Crippen MR) is 114 cm³/mol. The van der Waals surface area contributed by atoms with Gasteiger partial charge in [0.2, 0.25) is 0 Å². The zero-order valence-electron chi connectivity index (χ0n) is 13.4. The monoisotopic (exact) mass is 466 g/mol. The Morgan fingerprint density at radius 3 is 2.04 bits per heavy atom. The maximum atomic E-state index is 9.55. The second-order valence-electron chi connectivity index (χ2n) is 6.24. The molecule has 4 aromatic carbocycles. The van der Waals surface area contributed by atoms with Gasteiger partial charge in [-0.25, -0.2) is 4.98 Å². The molecule has 5 rings (SSSR count). The van der Waals surface area contributed by atoms with Crippen LogP contribution in [0.3, 0.4) is 0 Å². The van der Waals surface area contributed by atoms with Crippen molar-refractivity contribution in [2.24, 2.45) is 0 Å². The minimum atomic E-state index is 0.244. The molecule has 26 heavy (non-hydrogen) atoms. The van der Waals surface area contributed by atoms with E-state index in [9.17, 15) is 5.11 Å². The maximum absolute atomic E-state index is 9.55. The van der Waals surface area contributed by atoms with Crippen molar-refractivity contribution in [2.75, 3.05) is 0 Å². The Kier molecular flexibility index (Phi) is 3.55. The molecule has 126 valence electrons. The number of benzene rings is 4. The number of nitrogens with one attached hydrogen (secondary N) is 1. The average Bonchev–Trinajstić information content (AvgIpc) is 3.08. The van der Waals surface area contributed by atoms with Crippen molar-refractivity contribution in [2.45, 2.75) is 0 Å². The van der Waals surface area contributed by atoms with Crippen LogP contribution < -0.4 is 0 Å². The summed E-state index contributed by atoms with van der Waals surface area (Å²) in [5.74, 6) is 1.03. The molecule has 0 saturated heterocycles. The summed E-state index contributed by atoms with van der Waals surface area (Å²) < 4.78 is 2.06. The van der Waals surface area contributed by atoms with Crippen LogP contribution in [0.5, 0.6) is 5.75 Å². The molecule has 0 unspecified atom stereocenters. The third-order valence-corrected chi connectivity index (χ3v) is 5.61. The van der Waals surface area contributed by atoms with Crippen LogP contribution in [0.2, 0.25) is 0 Å². The number of imidazole rings is 1. The lowest BCUT2D eigenvalue weighted by atomic mass is 10.0. The van der Waals surface area contributed by atoms with E-state index in [-0.39, 0.29) is 5.75 Å². The fraction of sp³-hybridized carbons (Fsp3) is 0. The number of rotatable bonds is 1. The summed E-state index contributed by atoms with van der Waals surface area (Å²) in [5.41, 5.74) is 2.88. The van der Waals surface area contributed by atoms with Gasteiger partial charge in [-0.3, -0.25) is 0 Å². The van der Waals surface area contributed by atoms with Gasteiger partial charge in [-0.05, 0) is 59.3 Å². The van der Waals surface area contributed by atoms with Crippen LogP contribution in [-0.4, -0.2) is 15.1 Å². The molecule has 5 heteroatoms. The highest BCUT2D eigenvalue weighted by Crippen LogP contribution is 2.37. The number of H-pyrrole nitrogens is 1. The SMILES string of the molecule is Oc1ccc(-c2nc3c4cc(Br)ccc4c4ccc(Br)cc4c3[nH]2)cc1. The molecule has 0 fully saturated rings. The Morgan fingerprint density at radius 2 is 1.35 bits per heavy atom. The third kappa shape index (κ3) is 2.42. The molecule has 3 nitrogen and oxygen atoms in total. The van der Waals surface area contributed by atoms with Gasteiger partial charge in [0.1, 0.15) is 11.6 Å². The molecule has 2 N–H and O–H groups in total. The van der Waals surface area contributed by atoms with Gasteiger partial charge in [-0.1, -0.05) is 44.0 Å². The predicted octanol–water partition coefficient (Wildman–Crippen LogP) is 6.77. The van der Waals surface area contributed by atoms with Crippen molar-refractivity contribution >= 4 is 64.4 Å². The number of phenolic OH excluding ortho intramolecular Hbond substituents is 1. The van der Waals surface area contributed by atoms with Crippen molar-refractivity contribution in [3.63, 3.8) is 0 Å². The van der Waals surface area contributed by atoms with Gasteiger partial charge in [0.05, 0.1) is 11.0 Å². The van der Waals surface area contributed by atoms with Gasteiger partial charge in [-0.15, -0.1) is 0 Å². The normalized spacial score (nSPS) is 11.6. The number of fused-ring (bicyclic) bond motifs is 6. The molecule has 0 radical (unpaired) electrons. The lowest BCUT2D eigenvalue weighted by Crippen LogP contribution is -1.82. The third-order valence-electron chi connectivity index (χ3n) is 4.62. The second kappa shape index (κ2) is 5.83. The van der Waals surface area contributed by atoms with Crippen molar-refractivity contribution in [1.82, 2.24) is 9.97 Å². The van der Waals surface area contributed by atoms with E-state index in [1.54, 1.807) is 12.1 Å². The topological polar surface area (TPSA) is 48.9 Å². The molecular weight excluding hydrogens is 456 g/mol. The van der Waals surface area contributed by atoms with Gasteiger partial charge in [0, 0.05) is 25.3 Å². The maximum Gasteiger partial charge on any atom is 0.138 e. The lowest BCUT2D eigenvalue weighted by Gasteiger charge is -2.07. The first-order chi connectivity index (χ1) is 12.6. The number of aromatic hydroxyl groups is 1. The Hall–Kier alpha value is -2.37. The number of aromatic nitrogens is 2. The number of halogens is 2. The fourth-order valence-electron chi connectivity index (χ4n) is 3.42. The highest BCUT2D eigenvalue weighted by atomic mass is 79.9. The number of nitrogens with zero attached hydrogens (tertiary/aromatic N) is 1. The van der Waals surface area contributed by atoms with Crippen LogP contribution in [-0.2, 0) is 0 Å². The second-order valence-corrected chi connectivity index (χ2v) is 8.07. The van der Waals surface area contributed by atoms with Crippen LogP contribution in [0.4, 0.5) is 0 Å². The molecular formula is C21H12Br2N2O. The summed E-state index contributed by atoms with van der Waals surface area (Å²) in [6.07, 6.45) is 0. The highest BCUT2D eigenvalue weighted by molar-refractivity contribution is 9.10. The molecule has 0 atom stereocenters. The van der Waals surface area contributed by atoms with E-state index in [0.29, 0.717) is 0 Å². The first-order valence-corrected chi connectivity index (χ1v) is 9.68. The van der Waals surface area contributed by atoms with E-state index < -0.39 is 0 Å². The van der Waals surface area contributed by atoms with Gasteiger partial charge >= 0.3 is 0 Å². The van der Waals surface area contributed by atoms with Crippen molar-refractivity contribution in [3.05, 3.63) is 69.6 Å². The van der Waals surface area contributed by atoms with Gasteiger partial charge in [0.25, 0.3) is 0 Å². The molecule has 0 saturated carbocycles. The van der Waals surface area contributed by atoms with Crippen molar-refractivity contribution in [3.8, 4) is 17.1 Å². The highest BCUT2D eigenvalue weighted by Gasteiger charge is 2.14. The smallest absolute Gasteiger partial charge is 0.138 e. The molecule has 1 heterocycles. The molecule has 0 bridgehead atoms. The lowest BCUT2D eigenvalue weighted by molar-refractivity contribution is 0.475. The molecule has 0 aliphatic rings. The Balaban J connectivity index is 1.95. The van der Waals surface area contributed by atoms with Crippen molar-refractivity contribution in [1.29, 1.82) is 0 Å². The number of aromatic amines is 1.